The highest BCUT2D eigenvalue weighted by atomic mass is 16.5. The average Bonchev–Trinajstić information content (AvgIpc) is 2.63. The Balaban J connectivity index is 1.35. The van der Waals surface area contributed by atoms with Crippen LogP contribution in [0, 0.1) is 0 Å². The van der Waals surface area contributed by atoms with Crippen LogP contribution in [0.5, 0.6) is 0 Å². The van der Waals surface area contributed by atoms with Crippen LogP contribution in [-0.2, 0) is 9.47 Å². The first kappa shape index (κ1) is 15.6. The second-order valence-corrected chi connectivity index (χ2v) is 7.38. The summed E-state index contributed by atoms with van der Waals surface area (Å²) in [5.74, 6) is 0.714. The Labute approximate surface area is 139 Å². The topological polar surface area (TPSA) is 34.6 Å². The zero-order chi connectivity index (χ0) is 15.5. The quantitative estimate of drug-likeness (QED) is 0.840. The second-order valence-electron chi connectivity index (χ2n) is 7.38. The molecule has 1 atom stereocenters. The number of piperidine rings is 1. The molecular weight excluding hydrogens is 288 g/mol. The van der Waals surface area contributed by atoms with Gasteiger partial charge in [-0.3, -0.25) is 4.98 Å². The number of hydrogen-bond acceptors (Lipinski definition) is 4. The fourth-order valence-corrected chi connectivity index (χ4v) is 4.64. The van der Waals surface area contributed by atoms with Gasteiger partial charge in [-0.15, -0.1) is 0 Å². The van der Waals surface area contributed by atoms with E-state index in [2.05, 4.69) is 22.0 Å². The Morgan fingerprint density at radius 3 is 2.48 bits per heavy atom. The number of nitrogens with zero attached hydrogens (tertiary/aromatic N) is 2. The lowest BCUT2D eigenvalue weighted by atomic mass is 9.82. The summed E-state index contributed by atoms with van der Waals surface area (Å²) in [7, 11) is 0. The van der Waals surface area contributed by atoms with Crippen LogP contribution in [-0.4, -0.2) is 54.4 Å². The second kappa shape index (κ2) is 6.88. The predicted octanol–water partition coefficient (Wildman–Crippen LogP) is 2.99. The summed E-state index contributed by atoms with van der Waals surface area (Å²) in [6.45, 7) is 5.12. The summed E-state index contributed by atoms with van der Waals surface area (Å²) in [5, 5.41) is 0. The lowest BCUT2D eigenvalue weighted by Gasteiger charge is -2.47. The van der Waals surface area contributed by atoms with Gasteiger partial charge in [0.1, 0.15) is 0 Å². The van der Waals surface area contributed by atoms with Crippen LogP contribution in [0.3, 0.4) is 0 Å². The molecule has 3 aliphatic heterocycles. The molecule has 0 radical (unpaired) electrons. The highest BCUT2D eigenvalue weighted by Gasteiger charge is 2.41. The SMILES string of the molecule is c1cc(C2CCN([C@H]3CCOC4(CCOCC4)C3)CC2)ccn1. The first-order valence-corrected chi connectivity index (χ1v) is 9.20. The standard InChI is InChI=1S/C19H28N2O2/c1-8-20-9-2-16(1)17-3-10-21(11-4-17)18-5-12-23-19(15-18)6-13-22-14-7-19/h1-2,8-9,17-18H,3-7,10-15H2/t18-/m0/s1. The highest BCUT2D eigenvalue weighted by Crippen LogP contribution is 2.38. The van der Waals surface area contributed by atoms with E-state index in [0.717, 1.165) is 32.7 Å². The van der Waals surface area contributed by atoms with Gasteiger partial charge in [0, 0.05) is 38.3 Å². The molecule has 0 aliphatic carbocycles. The van der Waals surface area contributed by atoms with Gasteiger partial charge in [0.15, 0.2) is 0 Å². The van der Waals surface area contributed by atoms with Crippen molar-refractivity contribution in [2.45, 2.75) is 56.1 Å². The van der Waals surface area contributed by atoms with Crippen LogP contribution in [0.25, 0.3) is 0 Å². The van der Waals surface area contributed by atoms with E-state index in [9.17, 15) is 0 Å². The van der Waals surface area contributed by atoms with E-state index in [4.69, 9.17) is 9.47 Å². The van der Waals surface area contributed by atoms with E-state index >= 15 is 0 Å². The van der Waals surface area contributed by atoms with Crippen molar-refractivity contribution in [2.75, 3.05) is 32.9 Å². The molecule has 0 saturated carbocycles. The molecule has 0 amide bonds. The molecule has 0 N–H and O–H groups in total. The molecule has 4 rings (SSSR count). The molecule has 23 heavy (non-hydrogen) atoms. The molecule has 1 spiro atoms. The van der Waals surface area contributed by atoms with E-state index < -0.39 is 0 Å². The number of aromatic nitrogens is 1. The summed E-state index contributed by atoms with van der Waals surface area (Å²) < 4.78 is 11.7. The summed E-state index contributed by atoms with van der Waals surface area (Å²) in [5.41, 5.74) is 1.58. The molecule has 3 saturated heterocycles. The third-order valence-corrected chi connectivity index (χ3v) is 6.09. The van der Waals surface area contributed by atoms with E-state index in [0.29, 0.717) is 12.0 Å². The van der Waals surface area contributed by atoms with Crippen molar-refractivity contribution in [1.82, 2.24) is 9.88 Å². The van der Waals surface area contributed by atoms with Crippen LogP contribution in [0.15, 0.2) is 24.5 Å². The molecule has 4 nitrogen and oxygen atoms in total. The van der Waals surface area contributed by atoms with Gasteiger partial charge in [0.25, 0.3) is 0 Å². The first-order valence-electron chi connectivity index (χ1n) is 9.20. The van der Waals surface area contributed by atoms with Gasteiger partial charge in [-0.2, -0.15) is 0 Å². The summed E-state index contributed by atoms with van der Waals surface area (Å²) >= 11 is 0. The molecule has 1 aromatic heterocycles. The van der Waals surface area contributed by atoms with E-state index in [1.165, 1.54) is 44.3 Å². The smallest absolute Gasteiger partial charge is 0.0741 e. The third-order valence-electron chi connectivity index (χ3n) is 6.09. The molecule has 4 heterocycles. The normalized spacial score (nSPS) is 29.7. The summed E-state index contributed by atoms with van der Waals surface area (Å²) in [6, 6.07) is 5.08. The Kier molecular flexibility index (Phi) is 4.65. The fourth-order valence-electron chi connectivity index (χ4n) is 4.64. The van der Waals surface area contributed by atoms with Gasteiger partial charge in [0.2, 0.25) is 0 Å². The fraction of sp³-hybridized carbons (Fsp3) is 0.737. The molecule has 3 aliphatic rings. The van der Waals surface area contributed by atoms with Crippen molar-refractivity contribution in [3.8, 4) is 0 Å². The third kappa shape index (κ3) is 3.44. The van der Waals surface area contributed by atoms with Gasteiger partial charge in [0.05, 0.1) is 5.60 Å². The number of hydrogen-bond donors (Lipinski definition) is 0. The van der Waals surface area contributed by atoms with Crippen LogP contribution in [0.2, 0.25) is 0 Å². The van der Waals surface area contributed by atoms with Crippen LogP contribution < -0.4 is 0 Å². The van der Waals surface area contributed by atoms with Crippen molar-refractivity contribution in [2.24, 2.45) is 0 Å². The summed E-state index contributed by atoms with van der Waals surface area (Å²) in [4.78, 5) is 6.88. The number of ether oxygens (including phenoxy) is 2. The van der Waals surface area contributed by atoms with E-state index in [1.807, 2.05) is 12.4 Å². The predicted molar refractivity (Wildman–Crippen MR) is 89.5 cm³/mol. The van der Waals surface area contributed by atoms with E-state index in [1.54, 1.807) is 0 Å². The number of pyridine rings is 1. The Morgan fingerprint density at radius 1 is 1.00 bits per heavy atom. The molecular formula is C19H28N2O2. The van der Waals surface area contributed by atoms with Crippen LogP contribution in [0.4, 0.5) is 0 Å². The Bertz CT molecular complexity index is 488. The minimum atomic E-state index is 0.114. The molecule has 3 fully saturated rings. The lowest BCUT2D eigenvalue weighted by Crippen LogP contribution is -2.52. The van der Waals surface area contributed by atoms with Crippen molar-refractivity contribution >= 4 is 0 Å². The maximum Gasteiger partial charge on any atom is 0.0741 e. The van der Waals surface area contributed by atoms with Gasteiger partial charge >= 0.3 is 0 Å². The number of rotatable bonds is 2. The van der Waals surface area contributed by atoms with Gasteiger partial charge < -0.3 is 14.4 Å². The minimum absolute atomic E-state index is 0.114. The van der Waals surface area contributed by atoms with E-state index in [-0.39, 0.29) is 5.60 Å². The first-order chi connectivity index (χ1) is 11.3. The summed E-state index contributed by atoms with van der Waals surface area (Å²) in [6.07, 6.45) is 11.0. The maximum absolute atomic E-state index is 6.20. The molecule has 1 aromatic rings. The number of likely N-dealkylation sites (tertiary alicyclic amines) is 1. The van der Waals surface area contributed by atoms with Crippen molar-refractivity contribution in [3.63, 3.8) is 0 Å². The molecule has 126 valence electrons. The van der Waals surface area contributed by atoms with Gasteiger partial charge in [-0.25, -0.2) is 0 Å². The van der Waals surface area contributed by atoms with Gasteiger partial charge in [-0.05, 0) is 75.2 Å². The Hall–Kier alpha value is -0.970. The average molecular weight is 316 g/mol. The van der Waals surface area contributed by atoms with Crippen molar-refractivity contribution in [3.05, 3.63) is 30.1 Å². The van der Waals surface area contributed by atoms with Crippen LogP contribution >= 0.6 is 0 Å². The zero-order valence-corrected chi connectivity index (χ0v) is 14.0. The highest BCUT2D eigenvalue weighted by molar-refractivity contribution is 5.16. The molecule has 4 heteroatoms. The molecule has 0 aromatic carbocycles. The molecule has 0 bridgehead atoms. The zero-order valence-electron chi connectivity index (χ0n) is 14.0. The maximum atomic E-state index is 6.20. The van der Waals surface area contributed by atoms with Crippen molar-refractivity contribution < 1.29 is 9.47 Å². The Morgan fingerprint density at radius 2 is 1.74 bits per heavy atom. The van der Waals surface area contributed by atoms with Crippen LogP contribution in [0.1, 0.15) is 50.0 Å². The van der Waals surface area contributed by atoms with Crippen molar-refractivity contribution in [1.29, 1.82) is 0 Å². The monoisotopic (exact) mass is 316 g/mol. The molecule has 0 unspecified atom stereocenters. The largest absolute Gasteiger partial charge is 0.381 e. The minimum Gasteiger partial charge on any atom is -0.381 e. The lowest BCUT2D eigenvalue weighted by molar-refractivity contribution is -0.152. The van der Waals surface area contributed by atoms with Gasteiger partial charge in [-0.1, -0.05) is 0 Å².